The normalized spacial score (nSPS) is 23.8. The Bertz CT molecular complexity index is 360. The molecule has 102 valence electrons. The van der Waals surface area contributed by atoms with Gasteiger partial charge in [0.25, 0.3) is 0 Å². The number of nitrogens with one attached hydrogen (secondary N) is 2. The maximum atomic E-state index is 5.47. The van der Waals surface area contributed by atoms with Crippen molar-refractivity contribution in [1.29, 1.82) is 0 Å². The second-order valence-electron chi connectivity index (χ2n) is 5.20. The second kappa shape index (κ2) is 6.31. The molecule has 1 aliphatic heterocycles. The molecule has 1 saturated heterocycles. The quantitative estimate of drug-likeness (QED) is 0.815. The number of morpholine rings is 1. The molecule has 2 heterocycles. The molecule has 0 saturated carbocycles. The number of ether oxygens (including phenoxy) is 1. The lowest BCUT2D eigenvalue weighted by Gasteiger charge is -2.28. The van der Waals surface area contributed by atoms with Crippen molar-refractivity contribution in [1.82, 2.24) is 20.4 Å². The first kappa shape index (κ1) is 13.5. The van der Waals surface area contributed by atoms with E-state index < -0.39 is 0 Å². The van der Waals surface area contributed by atoms with Gasteiger partial charge >= 0.3 is 0 Å². The fourth-order valence-electron chi connectivity index (χ4n) is 2.45. The van der Waals surface area contributed by atoms with Gasteiger partial charge in [-0.3, -0.25) is 4.68 Å². The molecular formula is C13H24N4O. The summed E-state index contributed by atoms with van der Waals surface area (Å²) in [5.41, 5.74) is 1.23. The number of hydrogen-bond acceptors (Lipinski definition) is 4. The summed E-state index contributed by atoms with van der Waals surface area (Å²) in [5.74, 6) is 0. The van der Waals surface area contributed by atoms with Crippen molar-refractivity contribution in [3.05, 3.63) is 18.0 Å². The van der Waals surface area contributed by atoms with Crippen molar-refractivity contribution >= 4 is 0 Å². The maximum absolute atomic E-state index is 5.47. The molecule has 1 fully saturated rings. The number of aryl methyl sites for hydroxylation is 1. The monoisotopic (exact) mass is 252 g/mol. The highest BCUT2D eigenvalue weighted by Crippen LogP contribution is 2.13. The molecule has 0 amide bonds. The fraction of sp³-hybridized carbons (Fsp3) is 0.769. The van der Waals surface area contributed by atoms with Gasteiger partial charge in [-0.25, -0.2) is 0 Å². The van der Waals surface area contributed by atoms with Crippen LogP contribution in [0.1, 0.15) is 31.9 Å². The summed E-state index contributed by atoms with van der Waals surface area (Å²) in [6.07, 6.45) is 5.07. The molecule has 1 aliphatic rings. The highest BCUT2D eigenvalue weighted by Gasteiger charge is 2.18. The van der Waals surface area contributed by atoms with Gasteiger partial charge in [0.15, 0.2) is 0 Å². The molecule has 0 aliphatic carbocycles. The van der Waals surface area contributed by atoms with Crippen LogP contribution in [-0.4, -0.2) is 41.6 Å². The third-order valence-corrected chi connectivity index (χ3v) is 3.40. The zero-order chi connectivity index (χ0) is 13.0. The molecule has 0 bridgehead atoms. The van der Waals surface area contributed by atoms with E-state index in [2.05, 4.69) is 35.8 Å². The van der Waals surface area contributed by atoms with Crippen LogP contribution in [0, 0.1) is 0 Å². The standard InChI is InChI=1S/C13H24N4O/c1-10(6-13-9-18-5-4-14-13)16-11(2)12-7-15-17(3)8-12/h7-8,10-11,13-14,16H,4-6,9H2,1-3H3. The van der Waals surface area contributed by atoms with E-state index in [1.54, 1.807) is 0 Å². The Labute approximate surface area is 109 Å². The summed E-state index contributed by atoms with van der Waals surface area (Å²) in [6.45, 7) is 7.04. The van der Waals surface area contributed by atoms with Gasteiger partial charge in [-0.2, -0.15) is 5.10 Å². The number of hydrogen-bond donors (Lipinski definition) is 2. The Morgan fingerprint density at radius 3 is 3.06 bits per heavy atom. The van der Waals surface area contributed by atoms with E-state index in [1.165, 1.54) is 5.56 Å². The second-order valence-corrected chi connectivity index (χ2v) is 5.20. The van der Waals surface area contributed by atoms with E-state index >= 15 is 0 Å². The van der Waals surface area contributed by atoms with E-state index in [1.807, 2.05) is 17.9 Å². The maximum Gasteiger partial charge on any atom is 0.0620 e. The Morgan fingerprint density at radius 1 is 1.61 bits per heavy atom. The van der Waals surface area contributed by atoms with E-state index in [0.29, 0.717) is 18.1 Å². The highest BCUT2D eigenvalue weighted by molar-refractivity contribution is 5.09. The molecule has 2 N–H and O–H groups in total. The van der Waals surface area contributed by atoms with Gasteiger partial charge in [0.2, 0.25) is 0 Å². The zero-order valence-corrected chi connectivity index (χ0v) is 11.5. The van der Waals surface area contributed by atoms with Gasteiger partial charge in [0.05, 0.1) is 19.4 Å². The van der Waals surface area contributed by atoms with Crippen LogP contribution >= 0.6 is 0 Å². The van der Waals surface area contributed by atoms with Crippen LogP contribution in [0.4, 0.5) is 0 Å². The largest absolute Gasteiger partial charge is 0.379 e. The van der Waals surface area contributed by atoms with Crippen LogP contribution in [-0.2, 0) is 11.8 Å². The molecule has 3 unspecified atom stereocenters. The average Bonchev–Trinajstić information content (AvgIpc) is 2.77. The van der Waals surface area contributed by atoms with Gasteiger partial charge in [0.1, 0.15) is 0 Å². The Morgan fingerprint density at radius 2 is 2.44 bits per heavy atom. The third kappa shape index (κ3) is 3.80. The first-order valence-corrected chi connectivity index (χ1v) is 6.71. The molecule has 0 aromatic carbocycles. The van der Waals surface area contributed by atoms with Crippen molar-refractivity contribution in [2.75, 3.05) is 19.8 Å². The molecule has 1 aromatic rings. The molecule has 0 spiro atoms. The van der Waals surface area contributed by atoms with Crippen LogP contribution in [0.15, 0.2) is 12.4 Å². The lowest BCUT2D eigenvalue weighted by molar-refractivity contribution is 0.0708. The lowest BCUT2D eigenvalue weighted by atomic mass is 10.1. The summed E-state index contributed by atoms with van der Waals surface area (Å²) < 4.78 is 7.31. The molecular weight excluding hydrogens is 228 g/mol. The Hall–Kier alpha value is -0.910. The summed E-state index contributed by atoms with van der Waals surface area (Å²) in [6, 6.07) is 1.26. The summed E-state index contributed by atoms with van der Waals surface area (Å²) >= 11 is 0. The minimum Gasteiger partial charge on any atom is -0.379 e. The smallest absolute Gasteiger partial charge is 0.0620 e. The SMILES string of the molecule is CC(CC1COCCN1)NC(C)c1cnn(C)c1. The fourth-order valence-corrected chi connectivity index (χ4v) is 2.45. The topological polar surface area (TPSA) is 51.1 Å². The minimum atomic E-state index is 0.332. The number of rotatable bonds is 5. The van der Waals surface area contributed by atoms with Gasteiger partial charge in [-0.1, -0.05) is 0 Å². The third-order valence-electron chi connectivity index (χ3n) is 3.40. The summed E-state index contributed by atoms with van der Waals surface area (Å²) in [7, 11) is 1.95. The molecule has 1 aromatic heterocycles. The van der Waals surface area contributed by atoms with Crippen LogP contribution in [0.5, 0.6) is 0 Å². The molecule has 2 rings (SSSR count). The number of aromatic nitrogens is 2. The number of nitrogens with zero attached hydrogens (tertiary/aromatic N) is 2. The minimum absolute atomic E-state index is 0.332. The lowest BCUT2D eigenvalue weighted by Crippen LogP contribution is -2.45. The molecule has 5 heteroatoms. The van der Waals surface area contributed by atoms with Crippen molar-refractivity contribution in [3.8, 4) is 0 Å². The van der Waals surface area contributed by atoms with Crippen LogP contribution < -0.4 is 10.6 Å². The van der Waals surface area contributed by atoms with E-state index in [-0.39, 0.29) is 0 Å². The Balaban J connectivity index is 1.77. The van der Waals surface area contributed by atoms with E-state index in [9.17, 15) is 0 Å². The highest BCUT2D eigenvalue weighted by atomic mass is 16.5. The molecule has 18 heavy (non-hydrogen) atoms. The molecule has 3 atom stereocenters. The van der Waals surface area contributed by atoms with Gasteiger partial charge in [0, 0.05) is 43.5 Å². The Kier molecular flexibility index (Phi) is 4.74. The molecule has 5 nitrogen and oxygen atoms in total. The summed E-state index contributed by atoms with van der Waals surface area (Å²) in [4.78, 5) is 0. The van der Waals surface area contributed by atoms with Crippen molar-refractivity contribution in [2.45, 2.75) is 38.4 Å². The first-order chi connectivity index (χ1) is 8.65. The van der Waals surface area contributed by atoms with Gasteiger partial charge in [-0.05, 0) is 20.3 Å². The van der Waals surface area contributed by atoms with Crippen LogP contribution in [0.25, 0.3) is 0 Å². The van der Waals surface area contributed by atoms with Crippen LogP contribution in [0.3, 0.4) is 0 Å². The van der Waals surface area contributed by atoms with Crippen molar-refractivity contribution in [2.24, 2.45) is 7.05 Å². The first-order valence-electron chi connectivity index (χ1n) is 6.71. The van der Waals surface area contributed by atoms with E-state index in [4.69, 9.17) is 4.74 Å². The van der Waals surface area contributed by atoms with E-state index in [0.717, 1.165) is 26.2 Å². The summed E-state index contributed by atoms with van der Waals surface area (Å²) in [5, 5.41) is 11.3. The van der Waals surface area contributed by atoms with Gasteiger partial charge in [-0.15, -0.1) is 0 Å². The predicted molar refractivity (Wildman–Crippen MR) is 71.4 cm³/mol. The average molecular weight is 252 g/mol. The zero-order valence-electron chi connectivity index (χ0n) is 11.5. The van der Waals surface area contributed by atoms with Crippen LogP contribution in [0.2, 0.25) is 0 Å². The van der Waals surface area contributed by atoms with Crippen molar-refractivity contribution in [3.63, 3.8) is 0 Å². The van der Waals surface area contributed by atoms with Crippen molar-refractivity contribution < 1.29 is 4.74 Å². The predicted octanol–water partition coefficient (Wildman–Crippen LogP) is 0.838. The molecule has 0 radical (unpaired) electrons. The van der Waals surface area contributed by atoms with Gasteiger partial charge < -0.3 is 15.4 Å².